The molecule has 0 amide bonds. The standard InChI is InChI=1S/C20H22N2O5/c1-10-15-16(11-8-9-14(24-2)19(26-4)18(11)25-3)17-12(6-5-7-13(17)23)21-20(15)27-22-10/h8-9,16,21H,5-7H2,1-4H3. The first-order chi connectivity index (χ1) is 13.1. The predicted molar refractivity (Wildman–Crippen MR) is 98.7 cm³/mol. The number of nitrogens with one attached hydrogen (secondary N) is 1. The van der Waals surface area contributed by atoms with Crippen LogP contribution in [-0.4, -0.2) is 32.3 Å². The number of hydrogen-bond acceptors (Lipinski definition) is 7. The van der Waals surface area contributed by atoms with E-state index >= 15 is 0 Å². The molecule has 7 nitrogen and oxygen atoms in total. The maximum Gasteiger partial charge on any atom is 0.233 e. The fourth-order valence-electron chi connectivity index (χ4n) is 4.08. The third kappa shape index (κ3) is 2.57. The van der Waals surface area contributed by atoms with Crippen LogP contribution in [0, 0.1) is 6.92 Å². The van der Waals surface area contributed by atoms with E-state index in [1.165, 1.54) is 0 Å². The molecule has 2 aromatic rings. The minimum Gasteiger partial charge on any atom is -0.493 e. The molecule has 1 aromatic carbocycles. The van der Waals surface area contributed by atoms with Crippen LogP contribution in [0.25, 0.3) is 0 Å². The lowest BCUT2D eigenvalue weighted by molar-refractivity contribution is -0.116. The number of allylic oxidation sites excluding steroid dienone is 2. The lowest BCUT2D eigenvalue weighted by atomic mass is 9.76. The first kappa shape index (κ1) is 17.5. The highest BCUT2D eigenvalue weighted by atomic mass is 16.5. The van der Waals surface area contributed by atoms with Crippen molar-refractivity contribution >= 4 is 11.7 Å². The predicted octanol–water partition coefficient (Wildman–Crippen LogP) is 3.57. The summed E-state index contributed by atoms with van der Waals surface area (Å²) in [6, 6.07) is 3.74. The molecule has 0 bridgehead atoms. The van der Waals surface area contributed by atoms with Crippen LogP contribution < -0.4 is 19.5 Å². The van der Waals surface area contributed by atoms with E-state index < -0.39 is 0 Å². The molecule has 27 heavy (non-hydrogen) atoms. The van der Waals surface area contributed by atoms with Gasteiger partial charge in [0, 0.05) is 23.3 Å². The summed E-state index contributed by atoms with van der Waals surface area (Å²) in [5, 5.41) is 7.39. The summed E-state index contributed by atoms with van der Waals surface area (Å²) in [5.41, 5.74) is 4.08. The third-order valence-electron chi connectivity index (χ3n) is 5.25. The van der Waals surface area contributed by atoms with E-state index in [1.807, 2.05) is 19.1 Å². The van der Waals surface area contributed by atoms with Crippen molar-refractivity contribution in [2.75, 3.05) is 26.6 Å². The summed E-state index contributed by atoms with van der Waals surface area (Å²) in [6.07, 6.45) is 2.15. The number of carbonyl (C=O) groups excluding carboxylic acids is 1. The Morgan fingerprint density at radius 3 is 2.59 bits per heavy atom. The number of fused-ring (bicyclic) bond motifs is 1. The number of anilines is 1. The van der Waals surface area contributed by atoms with Gasteiger partial charge in [-0.1, -0.05) is 11.2 Å². The minimum absolute atomic E-state index is 0.136. The Kier molecular flexibility index (Phi) is 4.30. The average Bonchev–Trinajstić information content (AvgIpc) is 3.05. The van der Waals surface area contributed by atoms with E-state index in [-0.39, 0.29) is 11.7 Å². The molecule has 1 N–H and O–H groups in total. The number of Topliss-reactive ketones (excluding diaryl/α,β-unsaturated/α-hetero) is 1. The van der Waals surface area contributed by atoms with Crippen LogP contribution in [0.1, 0.15) is 42.0 Å². The Hall–Kier alpha value is -2.96. The molecule has 1 unspecified atom stereocenters. The van der Waals surface area contributed by atoms with Gasteiger partial charge < -0.3 is 24.1 Å². The zero-order valence-corrected chi connectivity index (χ0v) is 15.8. The van der Waals surface area contributed by atoms with Crippen LogP contribution in [-0.2, 0) is 4.79 Å². The van der Waals surface area contributed by atoms with E-state index in [0.29, 0.717) is 29.6 Å². The molecule has 0 saturated carbocycles. The third-order valence-corrected chi connectivity index (χ3v) is 5.25. The van der Waals surface area contributed by atoms with Gasteiger partial charge in [0.25, 0.3) is 0 Å². The number of ketones is 1. The minimum atomic E-state index is -0.329. The van der Waals surface area contributed by atoms with Crippen LogP contribution in [0.15, 0.2) is 27.9 Å². The van der Waals surface area contributed by atoms with Crippen LogP contribution in [0.3, 0.4) is 0 Å². The highest BCUT2D eigenvalue weighted by Gasteiger charge is 2.40. The largest absolute Gasteiger partial charge is 0.493 e. The molecule has 1 aliphatic carbocycles. The Morgan fingerprint density at radius 1 is 1.11 bits per heavy atom. The van der Waals surface area contributed by atoms with Crippen molar-refractivity contribution in [3.05, 3.63) is 40.2 Å². The number of aryl methyl sites for hydroxylation is 1. The van der Waals surface area contributed by atoms with Crippen LogP contribution >= 0.6 is 0 Å². The van der Waals surface area contributed by atoms with Gasteiger partial charge in [0.1, 0.15) is 0 Å². The molecule has 1 aliphatic heterocycles. The monoisotopic (exact) mass is 370 g/mol. The topological polar surface area (TPSA) is 82.8 Å². The average molecular weight is 370 g/mol. The highest BCUT2D eigenvalue weighted by molar-refractivity contribution is 6.01. The summed E-state index contributed by atoms with van der Waals surface area (Å²) in [7, 11) is 4.73. The second-order valence-electron chi connectivity index (χ2n) is 6.66. The number of nitrogens with zero attached hydrogens (tertiary/aromatic N) is 1. The van der Waals surface area contributed by atoms with Crippen LogP contribution in [0.5, 0.6) is 17.2 Å². The van der Waals surface area contributed by atoms with Gasteiger partial charge in [-0.05, 0) is 25.8 Å². The lowest BCUT2D eigenvalue weighted by Crippen LogP contribution is -2.27. The van der Waals surface area contributed by atoms with Crippen molar-refractivity contribution in [1.29, 1.82) is 0 Å². The van der Waals surface area contributed by atoms with Crippen molar-refractivity contribution in [2.24, 2.45) is 0 Å². The Bertz CT molecular complexity index is 944. The Balaban J connectivity index is 2.00. The van der Waals surface area contributed by atoms with Gasteiger partial charge in [-0.3, -0.25) is 4.79 Å². The van der Waals surface area contributed by atoms with Gasteiger partial charge >= 0.3 is 0 Å². The van der Waals surface area contributed by atoms with Gasteiger partial charge in [0.05, 0.1) is 38.5 Å². The lowest BCUT2D eigenvalue weighted by Gasteiger charge is -2.32. The molecule has 1 atom stereocenters. The number of carbonyl (C=O) groups is 1. The van der Waals surface area contributed by atoms with Crippen molar-refractivity contribution in [1.82, 2.24) is 5.16 Å². The molecule has 2 heterocycles. The van der Waals surface area contributed by atoms with E-state index in [0.717, 1.165) is 40.9 Å². The second-order valence-corrected chi connectivity index (χ2v) is 6.66. The normalized spacial score (nSPS) is 18.5. The number of methoxy groups -OCH3 is 3. The maximum absolute atomic E-state index is 12.9. The smallest absolute Gasteiger partial charge is 0.233 e. The molecular formula is C20H22N2O5. The van der Waals surface area contributed by atoms with Gasteiger partial charge in [0.2, 0.25) is 11.6 Å². The fraction of sp³-hybridized carbons (Fsp3) is 0.400. The SMILES string of the molecule is COc1ccc(C2C3=C(CCCC3=O)Nc3onc(C)c32)c(OC)c1OC. The summed E-state index contributed by atoms with van der Waals surface area (Å²) < 4.78 is 22.1. The zero-order valence-electron chi connectivity index (χ0n) is 15.8. The molecule has 0 saturated heterocycles. The summed E-state index contributed by atoms with van der Waals surface area (Å²) in [6.45, 7) is 1.88. The summed E-state index contributed by atoms with van der Waals surface area (Å²) in [5.74, 6) is 2.00. The maximum atomic E-state index is 12.9. The zero-order chi connectivity index (χ0) is 19.1. The summed E-state index contributed by atoms with van der Waals surface area (Å²) in [4.78, 5) is 12.9. The molecule has 4 rings (SSSR count). The molecule has 2 aliphatic rings. The first-order valence-electron chi connectivity index (χ1n) is 8.89. The van der Waals surface area contributed by atoms with E-state index in [2.05, 4.69) is 10.5 Å². The van der Waals surface area contributed by atoms with E-state index in [1.54, 1.807) is 21.3 Å². The van der Waals surface area contributed by atoms with Crippen LogP contribution in [0.2, 0.25) is 0 Å². The van der Waals surface area contributed by atoms with Gasteiger partial charge in [-0.2, -0.15) is 0 Å². The van der Waals surface area contributed by atoms with Crippen molar-refractivity contribution in [3.63, 3.8) is 0 Å². The van der Waals surface area contributed by atoms with Crippen molar-refractivity contribution in [3.8, 4) is 17.2 Å². The van der Waals surface area contributed by atoms with Crippen LogP contribution in [0.4, 0.5) is 5.88 Å². The van der Waals surface area contributed by atoms with Crippen molar-refractivity contribution in [2.45, 2.75) is 32.1 Å². The van der Waals surface area contributed by atoms with E-state index in [4.69, 9.17) is 18.7 Å². The Labute approximate surface area is 157 Å². The number of rotatable bonds is 4. The molecule has 1 aromatic heterocycles. The molecule has 0 spiro atoms. The quantitative estimate of drug-likeness (QED) is 0.881. The first-order valence-corrected chi connectivity index (χ1v) is 8.89. The van der Waals surface area contributed by atoms with Gasteiger partial charge in [-0.15, -0.1) is 0 Å². The van der Waals surface area contributed by atoms with Gasteiger partial charge in [0.15, 0.2) is 17.3 Å². The number of hydrogen-bond donors (Lipinski definition) is 1. The molecule has 142 valence electrons. The molecule has 7 heteroatoms. The summed E-state index contributed by atoms with van der Waals surface area (Å²) >= 11 is 0. The number of benzene rings is 1. The Morgan fingerprint density at radius 2 is 1.89 bits per heavy atom. The second kappa shape index (κ2) is 6.64. The highest BCUT2D eigenvalue weighted by Crippen LogP contribution is 2.52. The van der Waals surface area contributed by atoms with Crippen molar-refractivity contribution < 1.29 is 23.5 Å². The number of aromatic nitrogens is 1. The fourth-order valence-corrected chi connectivity index (χ4v) is 4.08. The molecular weight excluding hydrogens is 348 g/mol. The van der Waals surface area contributed by atoms with E-state index in [9.17, 15) is 4.79 Å². The van der Waals surface area contributed by atoms with Gasteiger partial charge in [-0.25, -0.2) is 0 Å². The molecule has 0 fully saturated rings. The number of ether oxygens (including phenoxy) is 3. The molecule has 0 radical (unpaired) electrons.